The van der Waals surface area contributed by atoms with Gasteiger partial charge in [0.2, 0.25) is 0 Å². The van der Waals surface area contributed by atoms with Crippen LogP contribution in [0.1, 0.15) is 30.0 Å². The topological polar surface area (TPSA) is 55.1 Å². The molecule has 1 fully saturated rings. The van der Waals surface area contributed by atoms with E-state index in [0.717, 1.165) is 39.6 Å². The van der Waals surface area contributed by atoms with Crippen LogP contribution in [0.25, 0.3) is 0 Å². The minimum Gasteiger partial charge on any atom is -0.451 e. The summed E-state index contributed by atoms with van der Waals surface area (Å²) in [4.78, 5) is 14.3. The Kier molecular flexibility index (Phi) is 7.29. The van der Waals surface area contributed by atoms with Crippen molar-refractivity contribution in [2.24, 2.45) is 0 Å². The average Bonchev–Trinajstić information content (AvgIpc) is 3.07. The van der Waals surface area contributed by atoms with Gasteiger partial charge in [-0.15, -0.1) is 0 Å². The van der Waals surface area contributed by atoms with E-state index in [1.165, 1.54) is 19.2 Å². The van der Waals surface area contributed by atoms with Gasteiger partial charge in [-0.05, 0) is 75.5 Å². The van der Waals surface area contributed by atoms with Crippen molar-refractivity contribution in [3.63, 3.8) is 0 Å². The summed E-state index contributed by atoms with van der Waals surface area (Å²) in [7, 11) is 0. The molecule has 0 bridgehead atoms. The smallest absolute Gasteiger partial charge is 0.180 e. The van der Waals surface area contributed by atoms with Gasteiger partial charge in [-0.2, -0.15) is 0 Å². The van der Waals surface area contributed by atoms with Gasteiger partial charge >= 0.3 is 0 Å². The number of halogens is 2. The molecule has 0 aliphatic carbocycles. The summed E-state index contributed by atoms with van der Waals surface area (Å²) in [5, 5.41) is 3.32. The molecule has 1 aliphatic heterocycles. The Balaban J connectivity index is 0.000000160. The van der Waals surface area contributed by atoms with Gasteiger partial charge in [0.05, 0.1) is 5.69 Å². The highest BCUT2D eigenvalue weighted by Gasteiger charge is 2.16. The van der Waals surface area contributed by atoms with Crippen LogP contribution in [0.2, 0.25) is 0 Å². The van der Waals surface area contributed by atoms with Crippen LogP contribution >= 0.6 is 31.9 Å². The Morgan fingerprint density at radius 3 is 2.64 bits per heavy atom. The molecule has 1 aromatic carbocycles. The van der Waals surface area contributed by atoms with E-state index >= 15 is 0 Å². The molecule has 1 saturated heterocycles. The second kappa shape index (κ2) is 9.22. The lowest BCUT2D eigenvalue weighted by Crippen LogP contribution is -2.26. The highest BCUT2D eigenvalue weighted by molar-refractivity contribution is 9.13. The third-order valence-corrected chi connectivity index (χ3v) is 5.39. The molecule has 0 saturated carbocycles. The van der Waals surface area contributed by atoms with Crippen molar-refractivity contribution in [3.05, 3.63) is 51.1 Å². The van der Waals surface area contributed by atoms with Gasteiger partial charge in [-0.25, -0.2) is 4.98 Å². The molecule has 0 unspecified atom stereocenters. The van der Waals surface area contributed by atoms with Gasteiger partial charge in [-0.3, -0.25) is 0 Å². The van der Waals surface area contributed by atoms with Crippen LogP contribution in [0.15, 0.2) is 44.2 Å². The third-order valence-electron chi connectivity index (χ3n) is 3.51. The van der Waals surface area contributed by atoms with Gasteiger partial charge in [0.15, 0.2) is 6.39 Å². The number of piperidine rings is 1. The normalized spacial score (nSPS) is 15.0. The highest BCUT2D eigenvalue weighted by atomic mass is 79.9. The number of oxazole rings is 1. The summed E-state index contributed by atoms with van der Waals surface area (Å²) < 4.78 is 6.93. The SMILES string of the molecule is O=CCc1ccc(Br)c(Br)c1.c1nc(C2CCNCC2)co1. The molecule has 0 spiro atoms. The molecule has 1 aromatic heterocycles. The second-order valence-electron chi connectivity index (χ2n) is 5.06. The summed E-state index contributed by atoms with van der Waals surface area (Å²) in [5.74, 6) is 0.620. The van der Waals surface area contributed by atoms with Crippen LogP contribution in [0.4, 0.5) is 0 Å². The van der Waals surface area contributed by atoms with Crippen molar-refractivity contribution < 1.29 is 9.21 Å². The number of benzene rings is 1. The lowest BCUT2D eigenvalue weighted by atomic mass is 9.95. The molecule has 2 aromatic rings. The Morgan fingerprint density at radius 1 is 1.27 bits per heavy atom. The van der Waals surface area contributed by atoms with Crippen molar-refractivity contribution >= 4 is 38.1 Å². The van der Waals surface area contributed by atoms with Gasteiger partial charge in [0, 0.05) is 21.3 Å². The predicted molar refractivity (Wildman–Crippen MR) is 93.0 cm³/mol. The molecular formula is C16H18Br2N2O2. The van der Waals surface area contributed by atoms with Crippen LogP contribution in [0.3, 0.4) is 0 Å². The zero-order valence-electron chi connectivity index (χ0n) is 12.1. The van der Waals surface area contributed by atoms with Crippen LogP contribution in [0.5, 0.6) is 0 Å². The standard InChI is InChI=1S/C8H6Br2O.C8H12N2O/c9-7-2-1-6(3-4-11)5-8(7)10;1-3-9-4-2-7(1)8-5-11-6-10-8/h1-2,4-5H,3H2;5-7,9H,1-4H2. The van der Waals surface area contributed by atoms with E-state index in [2.05, 4.69) is 42.2 Å². The zero-order valence-corrected chi connectivity index (χ0v) is 15.3. The van der Waals surface area contributed by atoms with Crippen molar-refractivity contribution in [2.75, 3.05) is 13.1 Å². The number of aldehydes is 1. The monoisotopic (exact) mass is 428 g/mol. The first-order chi connectivity index (χ1) is 10.7. The number of nitrogens with one attached hydrogen (secondary N) is 1. The van der Waals surface area contributed by atoms with E-state index in [4.69, 9.17) is 4.42 Å². The maximum atomic E-state index is 10.1. The fourth-order valence-corrected chi connectivity index (χ4v) is 2.98. The first-order valence-electron chi connectivity index (χ1n) is 7.17. The van der Waals surface area contributed by atoms with E-state index in [-0.39, 0.29) is 0 Å². The number of nitrogens with zero attached hydrogens (tertiary/aromatic N) is 1. The molecule has 0 amide bonds. The minimum absolute atomic E-state index is 0.478. The largest absolute Gasteiger partial charge is 0.451 e. The molecule has 1 aliphatic rings. The fourth-order valence-electron chi connectivity index (χ4n) is 2.30. The summed E-state index contributed by atoms with van der Waals surface area (Å²) in [6.45, 7) is 2.22. The number of hydrogen-bond donors (Lipinski definition) is 1. The number of carbonyl (C=O) groups excluding carboxylic acids is 1. The van der Waals surface area contributed by atoms with Crippen molar-refractivity contribution in [2.45, 2.75) is 25.2 Å². The lowest BCUT2D eigenvalue weighted by molar-refractivity contribution is -0.107. The minimum atomic E-state index is 0.478. The van der Waals surface area contributed by atoms with E-state index in [0.29, 0.717) is 12.3 Å². The first-order valence-corrected chi connectivity index (χ1v) is 8.75. The molecule has 2 heterocycles. The predicted octanol–water partition coefficient (Wildman–Crippen LogP) is 4.09. The average molecular weight is 430 g/mol. The Hall–Kier alpha value is -0.980. The van der Waals surface area contributed by atoms with Crippen LogP contribution in [-0.2, 0) is 11.2 Å². The third kappa shape index (κ3) is 5.34. The van der Waals surface area contributed by atoms with Crippen molar-refractivity contribution in [1.29, 1.82) is 0 Å². The van der Waals surface area contributed by atoms with E-state index in [9.17, 15) is 4.79 Å². The molecular weight excluding hydrogens is 412 g/mol. The number of hydrogen-bond acceptors (Lipinski definition) is 4. The Morgan fingerprint density at radius 2 is 2.05 bits per heavy atom. The number of aromatic nitrogens is 1. The molecule has 0 radical (unpaired) electrons. The Bertz CT molecular complexity index is 582. The van der Waals surface area contributed by atoms with Crippen LogP contribution in [-0.4, -0.2) is 24.4 Å². The van der Waals surface area contributed by atoms with Crippen LogP contribution < -0.4 is 5.32 Å². The Labute approximate surface area is 147 Å². The van der Waals surface area contributed by atoms with Crippen molar-refractivity contribution in [3.8, 4) is 0 Å². The summed E-state index contributed by atoms with van der Waals surface area (Å²) in [5.41, 5.74) is 2.14. The quantitative estimate of drug-likeness (QED) is 0.746. The molecule has 22 heavy (non-hydrogen) atoms. The summed E-state index contributed by atoms with van der Waals surface area (Å²) in [6.07, 6.45) is 7.02. The lowest BCUT2D eigenvalue weighted by Gasteiger charge is -2.19. The summed E-state index contributed by atoms with van der Waals surface area (Å²) >= 11 is 6.70. The molecule has 4 nitrogen and oxygen atoms in total. The van der Waals surface area contributed by atoms with Gasteiger partial charge in [0.1, 0.15) is 12.5 Å². The van der Waals surface area contributed by atoms with E-state index in [1.54, 1.807) is 6.26 Å². The number of carbonyl (C=O) groups is 1. The van der Waals surface area contributed by atoms with E-state index < -0.39 is 0 Å². The maximum Gasteiger partial charge on any atom is 0.180 e. The zero-order chi connectivity index (χ0) is 15.8. The fraction of sp³-hybridized carbons (Fsp3) is 0.375. The molecule has 0 atom stereocenters. The summed E-state index contributed by atoms with van der Waals surface area (Å²) in [6, 6.07) is 5.77. The van der Waals surface area contributed by atoms with Crippen LogP contribution in [0, 0.1) is 0 Å². The number of rotatable bonds is 3. The maximum absolute atomic E-state index is 10.1. The van der Waals surface area contributed by atoms with Gasteiger partial charge in [-0.1, -0.05) is 6.07 Å². The molecule has 1 N–H and O–H groups in total. The van der Waals surface area contributed by atoms with Gasteiger partial charge < -0.3 is 14.5 Å². The van der Waals surface area contributed by atoms with Crippen molar-refractivity contribution in [1.82, 2.24) is 10.3 Å². The first kappa shape index (κ1) is 17.4. The highest BCUT2D eigenvalue weighted by Crippen LogP contribution is 2.24. The second-order valence-corrected chi connectivity index (χ2v) is 6.77. The molecule has 3 rings (SSSR count). The van der Waals surface area contributed by atoms with E-state index in [1.807, 2.05) is 18.2 Å². The molecule has 118 valence electrons. The molecule has 6 heteroatoms. The van der Waals surface area contributed by atoms with Gasteiger partial charge in [0.25, 0.3) is 0 Å².